The number of aliphatic hydroxyl groups excluding tert-OH is 1. The molecule has 1 fully saturated rings. The van der Waals surface area contributed by atoms with Gasteiger partial charge in [-0.2, -0.15) is 12.6 Å². The smallest absolute Gasteiger partial charge is 0.233 e. The van der Waals surface area contributed by atoms with Crippen LogP contribution in [0.3, 0.4) is 0 Å². The molecule has 0 saturated carbocycles. The fraction of sp³-hybridized carbons (Fsp3) is 0.867. The first-order valence-electron chi connectivity index (χ1n) is 7.50. The first-order valence-corrected chi connectivity index (χ1v) is 8.01. The van der Waals surface area contributed by atoms with Crippen LogP contribution in [0.5, 0.6) is 0 Å². The van der Waals surface area contributed by atoms with Gasteiger partial charge in [-0.05, 0) is 32.1 Å². The second kappa shape index (κ2) is 8.03. The van der Waals surface area contributed by atoms with Gasteiger partial charge in [0.15, 0.2) is 0 Å². The number of carbonyl (C=O) groups is 2. The maximum absolute atomic E-state index is 11.6. The number of thiol groups is 1. The van der Waals surface area contributed by atoms with E-state index in [-0.39, 0.29) is 17.7 Å². The van der Waals surface area contributed by atoms with Crippen molar-refractivity contribution in [2.75, 3.05) is 0 Å². The highest BCUT2D eigenvalue weighted by Crippen LogP contribution is 2.23. The molecule has 0 radical (unpaired) electrons. The molecule has 0 aromatic carbocycles. The molecular weight excluding hydrogens is 274 g/mol. The lowest BCUT2D eigenvalue weighted by molar-refractivity contribution is -0.132. The number of unbranched alkanes of at least 4 members (excludes halogenated alkanes) is 1. The van der Waals surface area contributed by atoms with E-state index >= 15 is 0 Å². The lowest BCUT2D eigenvalue weighted by atomic mass is 9.94. The number of carbonyl (C=O) groups excluding carboxylic acids is 2. The lowest BCUT2D eigenvalue weighted by Crippen LogP contribution is -2.32. The van der Waals surface area contributed by atoms with E-state index in [4.69, 9.17) is 0 Å². The summed E-state index contributed by atoms with van der Waals surface area (Å²) < 4.78 is 0. The minimum Gasteiger partial charge on any atom is -0.390 e. The Hall–Kier alpha value is -0.550. The summed E-state index contributed by atoms with van der Waals surface area (Å²) in [5, 5.41) is 13.1. The van der Waals surface area contributed by atoms with Crippen molar-refractivity contribution in [3.63, 3.8) is 0 Å². The predicted molar refractivity (Wildman–Crippen MR) is 82.8 cm³/mol. The van der Waals surface area contributed by atoms with Gasteiger partial charge in [0.05, 0.1) is 12.1 Å². The third kappa shape index (κ3) is 5.09. The van der Waals surface area contributed by atoms with Gasteiger partial charge in [-0.1, -0.05) is 26.7 Å². The molecule has 0 bridgehead atoms. The highest BCUT2D eigenvalue weighted by molar-refractivity contribution is 7.80. The van der Waals surface area contributed by atoms with Crippen molar-refractivity contribution < 1.29 is 14.7 Å². The van der Waals surface area contributed by atoms with Crippen LogP contribution in [-0.4, -0.2) is 34.2 Å². The summed E-state index contributed by atoms with van der Waals surface area (Å²) in [7, 11) is 0. The molecule has 116 valence electrons. The van der Waals surface area contributed by atoms with Crippen LogP contribution in [0.2, 0.25) is 0 Å². The Balaban J connectivity index is 2.26. The second-order valence-corrected chi connectivity index (χ2v) is 6.99. The maximum atomic E-state index is 11.6. The maximum Gasteiger partial charge on any atom is 0.233 e. The summed E-state index contributed by atoms with van der Waals surface area (Å²) in [4.78, 5) is 22.9. The molecule has 0 aliphatic carbocycles. The van der Waals surface area contributed by atoms with Gasteiger partial charge in [0.1, 0.15) is 11.7 Å². The summed E-state index contributed by atoms with van der Waals surface area (Å²) >= 11 is 4.56. The summed E-state index contributed by atoms with van der Waals surface area (Å²) in [5.41, 5.74) is 0. The number of Topliss-reactive ketones (excluding diaryl/α,β-unsaturated/α-hetero) is 1. The fourth-order valence-corrected chi connectivity index (χ4v) is 3.42. The van der Waals surface area contributed by atoms with Crippen LogP contribution in [0.15, 0.2) is 0 Å². The molecule has 5 heteroatoms. The van der Waals surface area contributed by atoms with Gasteiger partial charge >= 0.3 is 0 Å². The number of rotatable bonds is 8. The normalized spacial score (nSPS) is 27.7. The molecule has 4 unspecified atom stereocenters. The standard InChI is InChI=1S/C15H27NO3S/c1-9(2)8-11(20)6-4-5-7-12-14(18)13(10(3)17)15(19)16-12/h9,11-14,18,20H,4-8H2,1-3H3,(H,16,19). The van der Waals surface area contributed by atoms with Crippen molar-refractivity contribution in [1.29, 1.82) is 0 Å². The summed E-state index contributed by atoms with van der Waals surface area (Å²) in [6.45, 7) is 5.73. The zero-order chi connectivity index (χ0) is 15.3. The van der Waals surface area contributed by atoms with Gasteiger partial charge in [-0.15, -0.1) is 0 Å². The highest BCUT2D eigenvalue weighted by atomic mass is 32.1. The average Bonchev–Trinajstić information content (AvgIpc) is 2.59. The molecule has 1 saturated heterocycles. The third-order valence-electron chi connectivity index (χ3n) is 3.85. The topological polar surface area (TPSA) is 66.4 Å². The van der Waals surface area contributed by atoms with Gasteiger partial charge in [0.2, 0.25) is 5.91 Å². The van der Waals surface area contributed by atoms with Crippen molar-refractivity contribution in [3.8, 4) is 0 Å². The third-order valence-corrected chi connectivity index (χ3v) is 4.32. The van der Waals surface area contributed by atoms with Crippen LogP contribution in [0, 0.1) is 11.8 Å². The molecular formula is C15H27NO3S. The van der Waals surface area contributed by atoms with Gasteiger partial charge in [-0.3, -0.25) is 9.59 Å². The van der Waals surface area contributed by atoms with Gasteiger partial charge < -0.3 is 10.4 Å². The molecule has 2 N–H and O–H groups in total. The minimum absolute atomic E-state index is 0.259. The number of nitrogens with one attached hydrogen (secondary N) is 1. The molecule has 20 heavy (non-hydrogen) atoms. The Labute approximate surface area is 127 Å². The molecule has 4 atom stereocenters. The Morgan fingerprint density at radius 1 is 1.40 bits per heavy atom. The second-order valence-electron chi connectivity index (χ2n) is 6.26. The van der Waals surface area contributed by atoms with E-state index in [9.17, 15) is 14.7 Å². The predicted octanol–water partition coefficient (Wildman–Crippen LogP) is 1.96. The van der Waals surface area contributed by atoms with Crippen LogP contribution in [-0.2, 0) is 9.59 Å². The summed E-state index contributed by atoms with van der Waals surface area (Å²) in [6, 6.07) is -0.278. The minimum atomic E-state index is -0.876. The monoisotopic (exact) mass is 301 g/mol. The van der Waals surface area contributed by atoms with E-state index in [0.717, 1.165) is 32.1 Å². The van der Waals surface area contributed by atoms with E-state index in [1.165, 1.54) is 6.92 Å². The number of aliphatic hydroxyl groups is 1. The number of ketones is 1. The molecule has 4 nitrogen and oxygen atoms in total. The molecule has 1 aliphatic heterocycles. The van der Waals surface area contributed by atoms with E-state index in [0.29, 0.717) is 11.2 Å². The Morgan fingerprint density at radius 2 is 2.05 bits per heavy atom. The molecule has 0 aromatic rings. The molecule has 0 spiro atoms. The van der Waals surface area contributed by atoms with Gasteiger partial charge in [0, 0.05) is 5.25 Å². The van der Waals surface area contributed by atoms with Gasteiger partial charge in [0.25, 0.3) is 0 Å². The van der Waals surface area contributed by atoms with Crippen LogP contribution in [0.4, 0.5) is 0 Å². The molecule has 1 amide bonds. The zero-order valence-electron chi connectivity index (χ0n) is 12.6. The quantitative estimate of drug-likeness (QED) is 0.365. The first kappa shape index (κ1) is 17.5. The summed E-state index contributed by atoms with van der Waals surface area (Å²) in [5.74, 6) is -0.810. The van der Waals surface area contributed by atoms with Crippen LogP contribution in [0.1, 0.15) is 52.9 Å². The first-order chi connectivity index (χ1) is 9.32. The van der Waals surface area contributed by atoms with Crippen LogP contribution in [0.25, 0.3) is 0 Å². The number of amides is 1. The SMILES string of the molecule is CC(=O)C1C(=O)NC(CCCCC(S)CC(C)C)C1O. The van der Waals surface area contributed by atoms with Crippen molar-refractivity contribution in [3.05, 3.63) is 0 Å². The number of hydrogen-bond donors (Lipinski definition) is 3. The highest BCUT2D eigenvalue weighted by Gasteiger charge is 2.43. The average molecular weight is 301 g/mol. The van der Waals surface area contributed by atoms with Crippen LogP contribution < -0.4 is 5.32 Å². The van der Waals surface area contributed by atoms with Crippen LogP contribution >= 0.6 is 12.6 Å². The largest absolute Gasteiger partial charge is 0.390 e. The molecule has 1 rings (SSSR count). The van der Waals surface area contributed by atoms with E-state index in [1.54, 1.807) is 0 Å². The Bertz CT molecular complexity index is 346. The zero-order valence-corrected chi connectivity index (χ0v) is 13.5. The van der Waals surface area contributed by atoms with E-state index in [2.05, 4.69) is 31.8 Å². The van der Waals surface area contributed by atoms with Crippen molar-refractivity contribution in [1.82, 2.24) is 5.32 Å². The lowest BCUT2D eigenvalue weighted by Gasteiger charge is -2.17. The molecule has 1 heterocycles. The van der Waals surface area contributed by atoms with Crippen molar-refractivity contribution >= 4 is 24.3 Å². The molecule has 0 aromatic heterocycles. The Morgan fingerprint density at radius 3 is 2.55 bits per heavy atom. The Kier molecular flexibility index (Phi) is 7.03. The van der Waals surface area contributed by atoms with E-state index < -0.39 is 12.0 Å². The fourth-order valence-electron chi connectivity index (χ4n) is 2.82. The van der Waals surface area contributed by atoms with Crippen molar-refractivity contribution in [2.24, 2.45) is 11.8 Å². The van der Waals surface area contributed by atoms with Gasteiger partial charge in [-0.25, -0.2) is 0 Å². The summed E-state index contributed by atoms with van der Waals surface area (Å²) in [6.07, 6.45) is 3.97. The number of hydrogen-bond acceptors (Lipinski definition) is 4. The van der Waals surface area contributed by atoms with E-state index in [1.807, 2.05) is 0 Å². The molecule has 1 aliphatic rings. The van der Waals surface area contributed by atoms with Crippen molar-refractivity contribution in [2.45, 2.75) is 70.3 Å².